The normalized spacial score (nSPS) is 10.2. The summed E-state index contributed by atoms with van der Waals surface area (Å²) in [6, 6.07) is 7.28. The number of aromatic nitrogens is 2. The Kier molecular flexibility index (Phi) is 4.30. The third-order valence-electron chi connectivity index (χ3n) is 2.85. The second-order valence-corrected chi connectivity index (χ2v) is 4.50. The van der Waals surface area contributed by atoms with Gasteiger partial charge >= 0.3 is 0 Å². The Morgan fingerprint density at radius 2 is 2.05 bits per heavy atom. The van der Waals surface area contributed by atoms with E-state index in [0.717, 1.165) is 23.6 Å². The highest BCUT2D eigenvalue weighted by Crippen LogP contribution is 2.15. The number of carbonyl (C=O) groups excluding carboxylic acids is 1. The Morgan fingerprint density at radius 3 is 2.75 bits per heavy atom. The van der Waals surface area contributed by atoms with E-state index in [2.05, 4.69) is 20.6 Å². The van der Waals surface area contributed by atoms with Gasteiger partial charge in [0.2, 0.25) is 0 Å². The molecule has 0 saturated carbocycles. The highest BCUT2D eigenvalue weighted by molar-refractivity contribution is 6.03. The molecule has 0 aliphatic heterocycles. The molecule has 0 aromatic carbocycles. The van der Waals surface area contributed by atoms with E-state index in [9.17, 15) is 4.79 Å². The van der Waals surface area contributed by atoms with Gasteiger partial charge in [0.1, 0.15) is 5.69 Å². The van der Waals surface area contributed by atoms with E-state index < -0.39 is 0 Å². The number of aryl methyl sites for hydroxylation is 2. The highest BCUT2D eigenvalue weighted by atomic mass is 16.1. The van der Waals surface area contributed by atoms with Gasteiger partial charge in [0, 0.05) is 24.1 Å². The molecule has 2 heterocycles. The maximum atomic E-state index is 12.2. The summed E-state index contributed by atoms with van der Waals surface area (Å²) in [6.07, 6.45) is 1.62. The van der Waals surface area contributed by atoms with Crippen molar-refractivity contribution in [1.82, 2.24) is 9.97 Å². The summed E-state index contributed by atoms with van der Waals surface area (Å²) in [4.78, 5) is 20.6. The SMILES string of the molecule is CCNc1ccnc(C(=O)Nc2ccc(C)nc2C)c1. The second kappa shape index (κ2) is 6.14. The summed E-state index contributed by atoms with van der Waals surface area (Å²) in [5.41, 5.74) is 3.68. The van der Waals surface area contributed by atoms with E-state index >= 15 is 0 Å². The molecule has 2 rings (SSSR count). The molecule has 20 heavy (non-hydrogen) atoms. The van der Waals surface area contributed by atoms with Crippen molar-refractivity contribution in [3.63, 3.8) is 0 Å². The largest absolute Gasteiger partial charge is 0.385 e. The van der Waals surface area contributed by atoms with Gasteiger partial charge in [-0.2, -0.15) is 0 Å². The minimum Gasteiger partial charge on any atom is -0.385 e. The third-order valence-corrected chi connectivity index (χ3v) is 2.85. The molecule has 0 fully saturated rings. The van der Waals surface area contributed by atoms with Crippen molar-refractivity contribution in [2.75, 3.05) is 17.2 Å². The predicted octanol–water partition coefficient (Wildman–Crippen LogP) is 2.78. The van der Waals surface area contributed by atoms with Gasteiger partial charge in [-0.05, 0) is 45.0 Å². The lowest BCUT2D eigenvalue weighted by molar-refractivity contribution is 0.102. The monoisotopic (exact) mass is 270 g/mol. The van der Waals surface area contributed by atoms with Crippen LogP contribution in [0, 0.1) is 13.8 Å². The number of rotatable bonds is 4. The first kappa shape index (κ1) is 14.0. The third kappa shape index (κ3) is 3.32. The molecule has 0 spiro atoms. The number of nitrogens with zero attached hydrogens (tertiary/aromatic N) is 2. The van der Waals surface area contributed by atoms with Gasteiger partial charge in [0.05, 0.1) is 11.4 Å². The standard InChI is InChI=1S/C15H18N4O/c1-4-16-12-7-8-17-14(9-12)15(20)19-13-6-5-10(2)18-11(13)3/h5-9H,4H2,1-3H3,(H,16,17)(H,19,20). The van der Waals surface area contributed by atoms with E-state index in [-0.39, 0.29) is 5.91 Å². The molecule has 1 amide bonds. The van der Waals surface area contributed by atoms with Crippen molar-refractivity contribution >= 4 is 17.3 Å². The van der Waals surface area contributed by atoms with E-state index in [4.69, 9.17) is 0 Å². The second-order valence-electron chi connectivity index (χ2n) is 4.50. The lowest BCUT2D eigenvalue weighted by Crippen LogP contribution is -2.15. The van der Waals surface area contributed by atoms with Crippen LogP contribution in [0.1, 0.15) is 28.8 Å². The fraction of sp³-hybridized carbons (Fsp3) is 0.267. The molecule has 0 atom stereocenters. The van der Waals surface area contributed by atoms with Gasteiger partial charge in [-0.15, -0.1) is 0 Å². The quantitative estimate of drug-likeness (QED) is 0.896. The molecule has 2 aromatic rings. The first-order valence-corrected chi connectivity index (χ1v) is 6.55. The zero-order valence-electron chi connectivity index (χ0n) is 11.9. The van der Waals surface area contributed by atoms with Crippen LogP contribution in [0.25, 0.3) is 0 Å². The lowest BCUT2D eigenvalue weighted by atomic mass is 10.2. The minimum absolute atomic E-state index is 0.237. The van der Waals surface area contributed by atoms with Crippen LogP contribution in [0.3, 0.4) is 0 Å². The van der Waals surface area contributed by atoms with Crippen molar-refractivity contribution in [1.29, 1.82) is 0 Å². The van der Waals surface area contributed by atoms with Gasteiger partial charge in [-0.25, -0.2) is 0 Å². The molecule has 2 N–H and O–H groups in total. The Balaban J connectivity index is 2.17. The van der Waals surface area contributed by atoms with Crippen LogP contribution in [0.2, 0.25) is 0 Å². The zero-order valence-corrected chi connectivity index (χ0v) is 11.9. The van der Waals surface area contributed by atoms with Crippen molar-refractivity contribution in [2.45, 2.75) is 20.8 Å². The molecule has 2 aromatic heterocycles. The zero-order chi connectivity index (χ0) is 14.5. The average molecular weight is 270 g/mol. The van der Waals surface area contributed by atoms with E-state index in [1.54, 1.807) is 12.3 Å². The van der Waals surface area contributed by atoms with E-state index in [0.29, 0.717) is 11.4 Å². The number of hydrogen-bond acceptors (Lipinski definition) is 4. The van der Waals surface area contributed by atoms with Gasteiger partial charge in [-0.1, -0.05) is 0 Å². The Labute approximate surface area is 118 Å². The summed E-state index contributed by atoms with van der Waals surface area (Å²) >= 11 is 0. The highest BCUT2D eigenvalue weighted by Gasteiger charge is 2.10. The van der Waals surface area contributed by atoms with Crippen molar-refractivity contribution < 1.29 is 4.79 Å². The van der Waals surface area contributed by atoms with Crippen molar-refractivity contribution in [2.24, 2.45) is 0 Å². The molecule has 104 valence electrons. The van der Waals surface area contributed by atoms with Crippen molar-refractivity contribution in [3.05, 3.63) is 47.5 Å². The maximum absolute atomic E-state index is 12.2. The summed E-state index contributed by atoms with van der Waals surface area (Å²) in [5, 5.41) is 5.98. The van der Waals surface area contributed by atoms with Crippen LogP contribution in [0.15, 0.2) is 30.5 Å². The van der Waals surface area contributed by atoms with Gasteiger partial charge in [-0.3, -0.25) is 14.8 Å². The molecular formula is C15H18N4O. The summed E-state index contributed by atoms with van der Waals surface area (Å²) < 4.78 is 0. The lowest BCUT2D eigenvalue weighted by Gasteiger charge is -2.09. The van der Waals surface area contributed by atoms with Crippen LogP contribution in [0.4, 0.5) is 11.4 Å². The van der Waals surface area contributed by atoms with E-state index in [1.165, 1.54) is 0 Å². The van der Waals surface area contributed by atoms with Crippen LogP contribution >= 0.6 is 0 Å². The fourth-order valence-corrected chi connectivity index (χ4v) is 1.87. The summed E-state index contributed by atoms with van der Waals surface area (Å²) in [5.74, 6) is -0.237. The molecule has 5 heteroatoms. The average Bonchev–Trinajstić information content (AvgIpc) is 2.42. The molecule has 0 radical (unpaired) electrons. The van der Waals surface area contributed by atoms with Crippen LogP contribution < -0.4 is 10.6 Å². The number of pyridine rings is 2. The minimum atomic E-state index is -0.237. The van der Waals surface area contributed by atoms with Crippen LogP contribution in [0.5, 0.6) is 0 Å². The van der Waals surface area contributed by atoms with Gasteiger partial charge < -0.3 is 10.6 Å². The number of amides is 1. The maximum Gasteiger partial charge on any atom is 0.274 e. The Bertz CT molecular complexity index is 625. The first-order valence-electron chi connectivity index (χ1n) is 6.55. The summed E-state index contributed by atoms with van der Waals surface area (Å²) in [6.45, 7) is 6.58. The first-order chi connectivity index (χ1) is 9.60. The van der Waals surface area contributed by atoms with Crippen LogP contribution in [-0.4, -0.2) is 22.4 Å². The number of nitrogens with one attached hydrogen (secondary N) is 2. The Morgan fingerprint density at radius 1 is 1.25 bits per heavy atom. The molecule has 0 aliphatic rings. The molecule has 5 nitrogen and oxygen atoms in total. The molecular weight excluding hydrogens is 252 g/mol. The molecule has 0 bridgehead atoms. The number of carbonyl (C=O) groups is 1. The number of hydrogen-bond donors (Lipinski definition) is 2. The Hall–Kier alpha value is -2.43. The predicted molar refractivity (Wildman–Crippen MR) is 80.1 cm³/mol. The van der Waals surface area contributed by atoms with Crippen LogP contribution in [-0.2, 0) is 0 Å². The summed E-state index contributed by atoms with van der Waals surface area (Å²) in [7, 11) is 0. The molecule has 0 aliphatic carbocycles. The van der Waals surface area contributed by atoms with Crippen molar-refractivity contribution in [3.8, 4) is 0 Å². The molecule has 0 saturated heterocycles. The smallest absolute Gasteiger partial charge is 0.274 e. The van der Waals surface area contributed by atoms with E-state index in [1.807, 2.05) is 39.0 Å². The fourth-order valence-electron chi connectivity index (χ4n) is 1.87. The van der Waals surface area contributed by atoms with Gasteiger partial charge in [0.25, 0.3) is 5.91 Å². The molecule has 0 unspecified atom stereocenters. The van der Waals surface area contributed by atoms with Gasteiger partial charge in [0.15, 0.2) is 0 Å². The topological polar surface area (TPSA) is 66.9 Å². The number of anilines is 2.